The van der Waals surface area contributed by atoms with Crippen LogP contribution in [0.1, 0.15) is 17.5 Å². The fourth-order valence-electron chi connectivity index (χ4n) is 1.99. The summed E-state index contributed by atoms with van der Waals surface area (Å²) < 4.78 is 0. The molecule has 3 nitrogen and oxygen atoms in total. The van der Waals surface area contributed by atoms with Crippen LogP contribution in [0.15, 0.2) is 24.3 Å². The van der Waals surface area contributed by atoms with Crippen molar-refractivity contribution in [3.05, 3.63) is 35.4 Å². The van der Waals surface area contributed by atoms with Gasteiger partial charge in [-0.2, -0.15) is 0 Å². The minimum atomic E-state index is 0.157. The number of aliphatic hydroxyl groups excluding tert-OH is 2. The molecule has 0 heterocycles. The minimum Gasteiger partial charge on any atom is -0.395 e. The molecule has 0 aliphatic carbocycles. The summed E-state index contributed by atoms with van der Waals surface area (Å²) >= 11 is 0. The maximum absolute atomic E-state index is 8.89. The largest absolute Gasteiger partial charge is 0.395 e. The fourth-order valence-corrected chi connectivity index (χ4v) is 1.99. The monoisotopic (exact) mass is 237 g/mol. The van der Waals surface area contributed by atoms with Crippen LogP contribution in [0.2, 0.25) is 0 Å². The Kier molecular flexibility index (Phi) is 6.86. The third kappa shape index (κ3) is 5.82. The molecule has 3 heteroatoms. The van der Waals surface area contributed by atoms with Crippen molar-refractivity contribution >= 4 is 0 Å². The Morgan fingerprint density at radius 1 is 1.06 bits per heavy atom. The molecule has 1 rings (SSSR count). The van der Waals surface area contributed by atoms with E-state index in [0.717, 1.165) is 19.4 Å². The smallest absolute Gasteiger partial charge is 0.0558 e. The molecule has 0 spiro atoms. The van der Waals surface area contributed by atoms with E-state index in [2.05, 4.69) is 36.1 Å². The van der Waals surface area contributed by atoms with Crippen molar-refractivity contribution in [2.75, 3.05) is 32.8 Å². The van der Waals surface area contributed by atoms with Gasteiger partial charge in [0.15, 0.2) is 0 Å². The lowest BCUT2D eigenvalue weighted by Gasteiger charge is -2.19. The van der Waals surface area contributed by atoms with Crippen LogP contribution in [0.25, 0.3) is 0 Å². The van der Waals surface area contributed by atoms with Crippen LogP contribution in [0.4, 0.5) is 0 Å². The Labute approximate surface area is 104 Å². The summed E-state index contributed by atoms with van der Waals surface area (Å²) in [4.78, 5) is 2.09. The Morgan fingerprint density at radius 3 is 2.35 bits per heavy atom. The molecule has 0 bridgehead atoms. The average Bonchev–Trinajstić information content (AvgIpc) is 2.30. The number of nitrogens with zero attached hydrogens (tertiary/aromatic N) is 1. The van der Waals surface area contributed by atoms with E-state index in [1.54, 1.807) is 0 Å². The first-order valence-electron chi connectivity index (χ1n) is 6.26. The highest BCUT2D eigenvalue weighted by Gasteiger charge is 2.03. The van der Waals surface area contributed by atoms with Crippen molar-refractivity contribution in [1.29, 1.82) is 0 Å². The predicted molar refractivity (Wildman–Crippen MR) is 70.1 cm³/mol. The van der Waals surface area contributed by atoms with E-state index in [4.69, 9.17) is 10.2 Å². The van der Waals surface area contributed by atoms with Gasteiger partial charge in [0.05, 0.1) is 13.2 Å². The van der Waals surface area contributed by atoms with Gasteiger partial charge in [-0.05, 0) is 31.9 Å². The van der Waals surface area contributed by atoms with E-state index < -0.39 is 0 Å². The van der Waals surface area contributed by atoms with E-state index in [0.29, 0.717) is 13.1 Å². The van der Waals surface area contributed by atoms with Crippen molar-refractivity contribution in [2.24, 2.45) is 0 Å². The van der Waals surface area contributed by atoms with E-state index in [-0.39, 0.29) is 13.2 Å². The number of hydrogen-bond acceptors (Lipinski definition) is 3. The van der Waals surface area contributed by atoms with Gasteiger partial charge in [-0.3, -0.25) is 4.90 Å². The molecule has 96 valence electrons. The first-order valence-corrected chi connectivity index (χ1v) is 6.26. The lowest BCUT2D eigenvalue weighted by atomic mass is 10.1. The molecule has 0 fully saturated rings. The van der Waals surface area contributed by atoms with E-state index in [9.17, 15) is 0 Å². The van der Waals surface area contributed by atoms with Gasteiger partial charge in [-0.15, -0.1) is 0 Å². The first kappa shape index (κ1) is 14.2. The maximum atomic E-state index is 8.89. The van der Waals surface area contributed by atoms with E-state index >= 15 is 0 Å². The molecule has 0 aromatic heterocycles. The van der Waals surface area contributed by atoms with Crippen LogP contribution >= 0.6 is 0 Å². The molecular weight excluding hydrogens is 214 g/mol. The Hall–Kier alpha value is -0.900. The third-order valence-electron chi connectivity index (χ3n) is 2.85. The number of aryl methyl sites for hydroxylation is 2. The van der Waals surface area contributed by atoms with Gasteiger partial charge in [0.25, 0.3) is 0 Å². The van der Waals surface area contributed by atoms with Crippen LogP contribution in [0.3, 0.4) is 0 Å². The van der Waals surface area contributed by atoms with Crippen molar-refractivity contribution in [3.63, 3.8) is 0 Å². The normalized spacial score (nSPS) is 11.1. The Morgan fingerprint density at radius 2 is 1.76 bits per heavy atom. The maximum Gasteiger partial charge on any atom is 0.0558 e. The number of hydrogen-bond donors (Lipinski definition) is 2. The zero-order valence-corrected chi connectivity index (χ0v) is 10.6. The number of rotatable bonds is 8. The molecule has 0 atom stereocenters. The topological polar surface area (TPSA) is 43.7 Å². The summed E-state index contributed by atoms with van der Waals surface area (Å²) in [5, 5.41) is 17.8. The predicted octanol–water partition coefficient (Wildman–Crippen LogP) is 1.21. The molecule has 0 saturated carbocycles. The van der Waals surface area contributed by atoms with Gasteiger partial charge in [-0.1, -0.05) is 29.8 Å². The van der Waals surface area contributed by atoms with Gasteiger partial charge in [0, 0.05) is 13.1 Å². The highest BCUT2D eigenvalue weighted by Crippen LogP contribution is 2.07. The quantitative estimate of drug-likeness (QED) is 0.714. The van der Waals surface area contributed by atoms with Crippen molar-refractivity contribution in [3.8, 4) is 0 Å². The SMILES string of the molecule is Cc1cccc(CCCN(CCO)CCO)c1. The minimum absolute atomic E-state index is 0.157. The summed E-state index contributed by atoms with van der Waals surface area (Å²) in [5.41, 5.74) is 2.66. The Bertz CT molecular complexity index is 309. The number of aliphatic hydroxyl groups is 2. The molecule has 0 aliphatic heterocycles. The molecular formula is C14H23NO2. The zero-order chi connectivity index (χ0) is 12.5. The van der Waals surface area contributed by atoms with Crippen molar-refractivity contribution in [1.82, 2.24) is 4.90 Å². The summed E-state index contributed by atoms with van der Waals surface area (Å²) in [6, 6.07) is 8.55. The first-order chi connectivity index (χ1) is 8.26. The molecule has 0 radical (unpaired) electrons. The second-order valence-corrected chi connectivity index (χ2v) is 4.38. The fraction of sp³-hybridized carbons (Fsp3) is 0.571. The molecule has 17 heavy (non-hydrogen) atoms. The van der Waals surface area contributed by atoms with Crippen molar-refractivity contribution < 1.29 is 10.2 Å². The van der Waals surface area contributed by atoms with Gasteiger partial charge in [-0.25, -0.2) is 0 Å². The standard InChI is InChI=1S/C14H23NO2/c1-13-4-2-5-14(12-13)6-3-7-15(8-10-16)9-11-17/h2,4-5,12,16-17H,3,6-11H2,1H3. The van der Waals surface area contributed by atoms with E-state index in [1.807, 2.05) is 0 Å². The molecule has 1 aromatic rings. The molecule has 0 aliphatic rings. The van der Waals surface area contributed by atoms with Gasteiger partial charge >= 0.3 is 0 Å². The van der Waals surface area contributed by atoms with Crippen LogP contribution in [-0.2, 0) is 6.42 Å². The summed E-state index contributed by atoms with van der Waals surface area (Å²) in [6.07, 6.45) is 2.11. The molecule has 0 amide bonds. The summed E-state index contributed by atoms with van der Waals surface area (Å²) in [5.74, 6) is 0. The molecule has 0 unspecified atom stereocenters. The third-order valence-corrected chi connectivity index (χ3v) is 2.85. The van der Waals surface area contributed by atoms with Crippen LogP contribution < -0.4 is 0 Å². The molecule has 0 saturated heterocycles. The van der Waals surface area contributed by atoms with Gasteiger partial charge in [0.1, 0.15) is 0 Å². The average molecular weight is 237 g/mol. The summed E-state index contributed by atoms with van der Waals surface area (Å²) in [7, 11) is 0. The highest BCUT2D eigenvalue weighted by molar-refractivity contribution is 5.22. The second-order valence-electron chi connectivity index (χ2n) is 4.38. The highest BCUT2D eigenvalue weighted by atomic mass is 16.3. The van der Waals surface area contributed by atoms with Crippen LogP contribution in [-0.4, -0.2) is 48.0 Å². The van der Waals surface area contributed by atoms with Gasteiger partial charge < -0.3 is 10.2 Å². The van der Waals surface area contributed by atoms with Gasteiger partial charge in [0.2, 0.25) is 0 Å². The van der Waals surface area contributed by atoms with Crippen molar-refractivity contribution in [2.45, 2.75) is 19.8 Å². The summed E-state index contributed by atoms with van der Waals surface area (Å²) in [6.45, 7) is 4.64. The van der Waals surface area contributed by atoms with E-state index in [1.165, 1.54) is 11.1 Å². The second kappa shape index (κ2) is 8.23. The van der Waals surface area contributed by atoms with Crippen LogP contribution in [0.5, 0.6) is 0 Å². The lowest BCUT2D eigenvalue weighted by molar-refractivity contribution is 0.160. The number of benzene rings is 1. The lowest BCUT2D eigenvalue weighted by Crippen LogP contribution is -2.31. The molecule has 2 N–H and O–H groups in total. The Balaban J connectivity index is 2.30. The zero-order valence-electron chi connectivity index (χ0n) is 10.6. The molecule has 1 aromatic carbocycles. The van der Waals surface area contributed by atoms with Crippen LogP contribution in [0, 0.1) is 6.92 Å².